The van der Waals surface area contributed by atoms with Crippen LogP contribution in [0, 0.1) is 11.3 Å². The number of aliphatic hydroxyl groups is 1. The summed E-state index contributed by atoms with van der Waals surface area (Å²) >= 11 is 0. The second kappa shape index (κ2) is 9.59. The van der Waals surface area contributed by atoms with E-state index in [1.807, 2.05) is 6.07 Å². The lowest BCUT2D eigenvalue weighted by Gasteiger charge is -2.38. The number of aliphatic hydroxyl groups excluding tert-OH is 1. The van der Waals surface area contributed by atoms with Crippen molar-refractivity contribution in [2.75, 3.05) is 0 Å². The number of alkyl halides is 4. The van der Waals surface area contributed by atoms with Crippen molar-refractivity contribution < 1.29 is 27.5 Å². The number of hydrogen-bond acceptors (Lipinski definition) is 4. The minimum atomic E-state index is -4.90. The first kappa shape index (κ1) is 26.6. The third-order valence-electron chi connectivity index (χ3n) is 6.15. The molecule has 188 valence electrons. The van der Waals surface area contributed by atoms with E-state index in [0.29, 0.717) is 21.6 Å². The lowest BCUT2D eigenvalue weighted by atomic mass is 9.94. The predicted octanol–water partition coefficient (Wildman–Crippen LogP) is 5.36. The second-order valence-electron chi connectivity index (χ2n) is 9.75. The number of carbonyl (C=O) groups excluding carboxylic acids is 1. The number of rotatable bonds is 8. The molecule has 1 aliphatic rings. The van der Waals surface area contributed by atoms with Crippen LogP contribution in [0.15, 0.2) is 48.5 Å². The van der Waals surface area contributed by atoms with Crippen LogP contribution in [-0.4, -0.2) is 39.3 Å². The van der Waals surface area contributed by atoms with E-state index in [1.165, 1.54) is 38.1 Å². The van der Waals surface area contributed by atoms with Crippen molar-refractivity contribution in [3.63, 3.8) is 0 Å². The highest BCUT2D eigenvalue weighted by Gasteiger charge is 2.60. The summed E-state index contributed by atoms with van der Waals surface area (Å²) in [5.41, 5.74) is 4.09. The van der Waals surface area contributed by atoms with Crippen molar-refractivity contribution in [2.24, 2.45) is 5.73 Å². The number of nitrogens with zero attached hydrogens (tertiary/aromatic N) is 2. The zero-order valence-electron chi connectivity index (χ0n) is 19.8. The molecule has 5 nitrogen and oxygen atoms in total. The molecule has 1 saturated carbocycles. The summed E-state index contributed by atoms with van der Waals surface area (Å²) in [6.07, 6.45) is -5.92. The van der Waals surface area contributed by atoms with Crippen LogP contribution >= 0.6 is 0 Å². The molecule has 3 rings (SSSR count). The number of nitriles is 1. The summed E-state index contributed by atoms with van der Waals surface area (Å²) in [5, 5.41) is 19.5. The predicted molar refractivity (Wildman–Crippen MR) is 124 cm³/mol. The van der Waals surface area contributed by atoms with Crippen molar-refractivity contribution in [3.8, 4) is 17.2 Å². The van der Waals surface area contributed by atoms with Gasteiger partial charge in [0.25, 0.3) is 0 Å². The Labute approximate surface area is 202 Å². The zero-order valence-corrected chi connectivity index (χ0v) is 19.8. The highest BCUT2D eigenvalue weighted by atomic mass is 19.4. The Kier molecular flexibility index (Phi) is 7.30. The molecule has 1 unspecified atom stereocenters. The first-order chi connectivity index (χ1) is 16.2. The van der Waals surface area contributed by atoms with Gasteiger partial charge in [0, 0.05) is 6.42 Å². The van der Waals surface area contributed by atoms with Gasteiger partial charge in [-0.3, -0.25) is 4.79 Å². The number of benzene rings is 2. The molecule has 0 saturated heterocycles. The van der Waals surface area contributed by atoms with Gasteiger partial charge in [0.15, 0.2) is 6.04 Å². The van der Waals surface area contributed by atoms with Gasteiger partial charge in [-0.1, -0.05) is 42.5 Å². The molecular weight excluding hydrogens is 462 g/mol. The average molecular weight is 492 g/mol. The maximum atomic E-state index is 14.4. The van der Waals surface area contributed by atoms with Gasteiger partial charge in [-0.05, 0) is 61.9 Å². The van der Waals surface area contributed by atoms with Crippen molar-refractivity contribution >= 4 is 5.91 Å². The van der Waals surface area contributed by atoms with E-state index in [9.17, 15) is 32.7 Å². The molecule has 0 bridgehead atoms. The number of halogens is 4. The Morgan fingerprint density at radius 2 is 1.71 bits per heavy atom. The first-order valence-electron chi connectivity index (χ1n) is 11.3. The van der Waals surface area contributed by atoms with E-state index in [-0.39, 0.29) is 18.4 Å². The highest BCUT2D eigenvalue weighted by Crippen LogP contribution is 2.50. The van der Waals surface area contributed by atoms with Crippen molar-refractivity contribution in [1.29, 1.82) is 5.26 Å². The fourth-order valence-corrected chi connectivity index (χ4v) is 4.22. The molecule has 3 atom stereocenters. The maximum Gasteiger partial charge on any atom is 0.413 e. The van der Waals surface area contributed by atoms with Crippen molar-refractivity contribution in [1.82, 2.24) is 4.90 Å². The van der Waals surface area contributed by atoms with Crippen LogP contribution in [0.1, 0.15) is 63.3 Å². The van der Waals surface area contributed by atoms with Gasteiger partial charge in [-0.2, -0.15) is 18.4 Å². The normalized spacial score (nSPS) is 17.7. The number of carbonyl (C=O) groups is 1. The molecule has 2 aromatic rings. The SMILES string of the molecule is CC(O)c1cccc(-c2ccc([C@H](N(C(=O)[C@@H](N)CC(C)(C)F)C3(C#N)CC3)C(F)(F)F)cc2)c1. The Balaban J connectivity index is 2.03. The molecule has 1 fully saturated rings. The average Bonchev–Trinajstić information content (AvgIpc) is 3.56. The van der Waals surface area contributed by atoms with E-state index in [0.717, 1.165) is 0 Å². The quantitative estimate of drug-likeness (QED) is 0.487. The number of amides is 1. The van der Waals surface area contributed by atoms with Crippen LogP contribution in [0.5, 0.6) is 0 Å². The third-order valence-corrected chi connectivity index (χ3v) is 6.15. The molecule has 35 heavy (non-hydrogen) atoms. The first-order valence-corrected chi connectivity index (χ1v) is 11.3. The largest absolute Gasteiger partial charge is 0.413 e. The van der Waals surface area contributed by atoms with Gasteiger partial charge < -0.3 is 15.7 Å². The van der Waals surface area contributed by atoms with E-state index >= 15 is 0 Å². The fraction of sp³-hybridized carbons (Fsp3) is 0.462. The van der Waals surface area contributed by atoms with Gasteiger partial charge in [0.1, 0.15) is 11.2 Å². The molecular formula is C26H29F4N3O2. The van der Waals surface area contributed by atoms with Gasteiger partial charge in [-0.15, -0.1) is 0 Å². The zero-order chi connectivity index (χ0) is 26.2. The molecule has 9 heteroatoms. The summed E-state index contributed by atoms with van der Waals surface area (Å²) in [5.74, 6) is -1.11. The van der Waals surface area contributed by atoms with Crippen molar-refractivity contribution in [3.05, 3.63) is 59.7 Å². The topological polar surface area (TPSA) is 90.3 Å². The second-order valence-corrected chi connectivity index (χ2v) is 9.75. The molecule has 0 spiro atoms. The minimum absolute atomic E-state index is 0.0811. The van der Waals surface area contributed by atoms with Gasteiger partial charge >= 0.3 is 6.18 Å². The van der Waals surface area contributed by atoms with Crippen LogP contribution in [0.25, 0.3) is 11.1 Å². The van der Waals surface area contributed by atoms with E-state index in [1.54, 1.807) is 31.2 Å². The van der Waals surface area contributed by atoms with Gasteiger partial charge in [-0.25, -0.2) is 4.39 Å². The fourth-order valence-electron chi connectivity index (χ4n) is 4.22. The molecule has 0 aliphatic heterocycles. The van der Waals surface area contributed by atoms with Crippen LogP contribution in [0.2, 0.25) is 0 Å². The van der Waals surface area contributed by atoms with Crippen molar-refractivity contribution in [2.45, 2.75) is 75.6 Å². The molecule has 0 heterocycles. The Hall–Kier alpha value is -2.96. The summed E-state index contributed by atoms with van der Waals surface area (Å²) in [6.45, 7) is 3.99. The summed E-state index contributed by atoms with van der Waals surface area (Å²) in [4.78, 5) is 13.7. The minimum Gasteiger partial charge on any atom is -0.389 e. The maximum absolute atomic E-state index is 14.4. The van der Waals surface area contributed by atoms with Crippen LogP contribution in [-0.2, 0) is 4.79 Å². The van der Waals surface area contributed by atoms with Gasteiger partial charge in [0.05, 0.1) is 18.2 Å². The lowest BCUT2D eigenvalue weighted by Crippen LogP contribution is -2.55. The van der Waals surface area contributed by atoms with Crippen LogP contribution in [0.3, 0.4) is 0 Å². The molecule has 1 aliphatic carbocycles. The van der Waals surface area contributed by atoms with E-state index < -0.39 is 47.9 Å². The number of hydrogen-bond donors (Lipinski definition) is 2. The summed E-state index contributed by atoms with van der Waals surface area (Å²) in [6, 6.07) is 10.4. The lowest BCUT2D eigenvalue weighted by molar-refractivity contribution is -0.198. The smallest absolute Gasteiger partial charge is 0.389 e. The van der Waals surface area contributed by atoms with E-state index in [2.05, 4.69) is 0 Å². The molecule has 0 aromatic heterocycles. The molecule has 1 amide bonds. The highest BCUT2D eigenvalue weighted by molar-refractivity contribution is 5.84. The Morgan fingerprint density at radius 3 is 2.17 bits per heavy atom. The van der Waals surface area contributed by atoms with Gasteiger partial charge in [0.2, 0.25) is 5.91 Å². The summed E-state index contributed by atoms with van der Waals surface area (Å²) < 4.78 is 57.4. The van der Waals surface area contributed by atoms with Crippen LogP contribution in [0.4, 0.5) is 17.6 Å². The molecule has 3 N–H and O–H groups in total. The summed E-state index contributed by atoms with van der Waals surface area (Å²) in [7, 11) is 0. The standard InChI is InChI=1S/C26H29F4N3O2/c1-16(34)19-5-4-6-20(13-19)17-7-9-18(10-8-17)22(26(28,29)30)33(25(15-31)11-12-25)23(35)21(32)14-24(2,3)27/h4-10,13,16,21-22,34H,11-12,14,32H2,1-3H3/t16?,21-,22-/m0/s1. The van der Waals surface area contributed by atoms with E-state index in [4.69, 9.17) is 5.73 Å². The van der Waals surface area contributed by atoms with Crippen LogP contribution < -0.4 is 5.73 Å². The number of nitrogens with two attached hydrogens (primary N) is 1. The monoisotopic (exact) mass is 491 g/mol. The molecule has 2 aromatic carbocycles. The Morgan fingerprint density at radius 1 is 1.11 bits per heavy atom. The third kappa shape index (κ3) is 6.00. The molecule has 0 radical (unpaired) electrons. The Bertz CT molecular complexity index is 1100.